The van der Waals surface area contributed by atoms with Gasteiger partial charge in [0.25, 0.3) is 5.91 Å². The number of allylic oxidation sites excluding steroid dienone is 1. The van der Waals surface area contributed by atoms with Crippen molar-refractivity contribution in [1.29, 1.82) is 5.41 Å². The summed E-state index contributed by atoms with van der Waals surface area (Å²) in [5.41, 5.74) is 12.1. The van der Waals surface area contributed by atoms with E-state index in [-0.39, 0.29) is 16.7 Å². The minimum Gasteiger partial charge on any atom is -0.492 e. The van der Waals surface area contributed by atoms with Crippen LogP contribution in [0, 0.1) is 12.3 Å². The molecule has 4 rings (SSSR count). The second-order valence-corrected chi connectivity index (χ2v) is 13.0. The molecule has 0 saturated heterocycles. The number of aryl methyl sites for hydroxylation is 1. The maximum absolute atomic E-state index is 13.1. The van der Waals surface area contributed by atoms with Crippen LogP contribution in [0.5, 0.6) is 5.75 Å². The van der Waals surface area contributed by atoms with Gasteiger partial charge >= 0.3 is 0 Å². The number of likely N-dealkylation sites (N-methyl/N-ethyl adjacent to an activating group) is 1. The first-order chi connectivity index (χ1) is 21.7. The second kappa shape index (κ2) is 15.2. The molecule has 0 unspecified atom stereocenters. The third-order valence-corrected chi connectivity index (χ3v) is 8.68. The van der Waals surface area contributed by atoms with Gasteiger partial charge in [-0.15, -0.1) is 0 Å². The first kappa shape index (κ1) is 36.1. The highest BCUT2D eigenvalue weighted by Crippen LogP contribution is 2.51. The highest BCUT2D eigenvalue weighted by molar-refractivity contribution is 7.99. The fourth-order valence-corrected chi connectivity index (χ4v) is 5.36. The molecule has 46 heavy (non-hydrogen) atoms. The molecule has 1 saturated carbocycles. The Hall–Kier alpha value is -4.41. The Kier molecular flexibility index (Phi) is 12.0. The highest BCUT2D eigenvalue weighted by atomic mass is 32.2. The number of hydrogen-bond donors (Lipinski definition) is 5. The highest BCUT2D eigenvalue weighted by Gasteiger charge is 2.40. The van der Waals surface area contributed by atoms with Crippen molar-refractivity contribution in [1.82, 2.24) is 4.90 Å². The zero-order chi connectivity index (χ0) is 34.2. The number of ether oxygens (including phenoxy) is 1. The topological polar surface area (TPSA) is 133 Å². The van der Waals surface area contributed by atoms with E-state index in [1.165, 1.54) is 22.5 Å². The van der Waals surface area contributed by atoms with E-state index >= 15 is 0 Å². The van der Waals surface area contributed by atoms with Crippen molar-refractivity contribution < 1.29 is 9.53 Å². The Bertz CT molecular complexity index is 1580. The SMILES string of the molecule is C=CN(C)C(=N)C(C)(C)c1ccccc1.COc1c(NSC)cc(C2(C)CC2)cc1NC(=O)c1ccc(C)c(N(N)/C=C(/C)N)c1. The van der Waals surface area contributed by atoms with Crippen LogP contribution in [-0.2, 0) is 10.8 Å². The standard InChI is InChI=1S/C23H31N5O2S.C13H18N2/c1-14-6-7-16(10-20(14)28(25)13-15(2)24)22(29)26-18-11-17(23(3)8-9-23)12-19(27-31-5)21(18)30-4;1-5-15(4)12(14)13(2,3)11-9-7-6-8-10-11/h6-7,10-13,27H,8-9,24-25H2,1-5H3,(H,26,29);5-10,14H,1H2,2-4H3/b15-13-;. The van der Waals surface area contributed by atoms with Gasteiger partial charge in [0.2, 0.25) is 0 Å². The molecule has 0 aliphatic heterocycles. The summed E-state index contributed by atoms with van der Waals surface area (Å²) in [6.07, 6.45) is 7.49. The predicted molar refractivity (Wildman–Crippen MR) is 196 cm³/mol. The van der Waals surface area contributed by atoms with E-state index < -0.39 is 0 Å². The van der Waals surface area contributed by atoms with Crippen molar-refractivity contribution in [3.05, 3.63) is 108 Å². The quantitative estimate of drug-likeness (QED) is 0.0477. The van der Waals surface area contributed by atoms with Crippen LogP contribution in [-0.4, -0.2) is 37.1 Å². The van der Waals surface area contributed by atoms with E-state index in [0.29, 0.717) is 34.2 Å². The van der Waals surface area contributed by atoms with E-state index in [1.807, 2.05) is 76.5 Å². The maximum Gasteiger partial charge on any atom is 0.255 e. The van der Waals surface area contributed by atoms with Gasteiger partial charge in [-0.25, -0.2) is 5.84 Å². The second-order valence-electron chi connectivity index (χ2n) is 12.3. The van der Waals surface area contributed by atoms with Gasteiger partial charge in [-0.1, -0.05) is 61.8 Å². The molecule has 3 aromatic carbocycles. The number of rotatable bonds is 11. The number of amides is 1. The van der Waals surface area contributed by atoms with Crippen LogP contribution in [0.25, 0.3) is 0 Å². The Morgan fingerprint density at radius 2 is 1.76 bits per heavy atom. The molecule has 0 heterocycles. The number of carbonyl (C=O) groups excluding carboxylic acids is 1. The molecule has 0 aromatic heterocycles. The van der Waals surface area contributed by atoms with Gasteiger partial charge in [0.1, 0.15) is 5.84 Å². The van der Waals surface area contributed by atoms with E-state index in [1.54, 1.807) is 43.5 Å². The van der Waals surface area contributed by atoms with Crippen molar-refractivity contribution in [2.24, 2.45) is 11.6 Å². The number of hydrazine groups is 1. The van der Waals surface area contributed by atoms with Crippen LogP contribution in [0.4, 0.5) is 17.1 Å². The van der Waals surface area contributed by atoms with E-state index in [9.17, 15) is 4.79 Å². The number of benzene rings is 3. The van der Waals surface area contributed by atoms with Crippen LogP contribution in [0.3, 0.4) is 0 Å². The van der Waals surface area contributed by atoms with Crippen molar-refractivity contribution >= 4 is 40.8 Å². The number of nitrogens with zero attached hydrogens (tertiary/aromatic N) is 2. The average Bonchev–Trinajstić information content (AvgIpc) is 3.79. The summed E-state index contributed by atoms with van der Waals surface area (Å²) in [6, 6.07) is 19.6. The fourth-order valence-electron chi connectivity index (χ4n) is 4.99. The summed E-state index contributed by atoms with van der Waals surface area (Å²) in [6.45, 7) is 13.7. The molecule has 1 aliphatic carbocycles. The third kappa shape index (κ3) is 8.64. The molecule has 246 valence electrons. The molecule has 0 bridgehead atoms. The van der Waals surface area contributed by atoms with Gasteiger partial charge in [-0.3, -0.25) is 15.2 Å². The van der Waals surface area contributed by atoms with E-state index in [4.69, 9.17) is 21.7 Å². The molecule has 3 aromatic rings. The van der Waals surface area contributed by atoms with Gasteiger partial charge in [0.05, 0.1) is 24.2 Å². The molecule has 0 radical (unpaired) electrons. The molecule has 9 nitrogen and oxygen atoms in total. The normalized spacial score (nSPS) is 13.5. The van der Waals surface area contributed by atoms with E-state index in [0.717, 1.165) is 29.7 Å². The number of amidine groups is 1. The summed E-state index contributed by atoms with van der Waals surface area (Å²) < 4.78 is 8.91. The Morgan fingerprint density at radius 3 is 2.30 bits per heavy atom. The summed E-state index contributed by atoms with van der Waals surface area (Å²) in [5, 5.41) is 12.5. The fraction of sp³-hybridized carbons (Fsp3) is 0.333. The monoisotopic (exact) mass is 643 g/mol. The Balaban J connectivity index is 0.000000322. The van der Waals surface area contributed by atoms with Crippen LogP contribution in [0.2, 0.25) is 0 Å². The molecule has 1 fully saturated rings. The molecule has 1 aliphatic rings. The van der Waals surface area contributed by atoms with Crippen molar-refractivity contribution in [2.45, 2.75) is 58.3 Å². The Labute approximate surface area is 278 Å². The lowest BCUT2D eigenvalue weighted by Gasteiger charge is -2.30. The van der Waals surface area contributed by atoms with Crippen molar-refractivity contribution in [2.75, 3.05) is 35.5 Å². The summed E-state index contributed by atoms with van der Waals surface area (Å²) >= 11 is 1.48. The molecule has 7 N–H and O–H groups in total. The van der Waals surface area contributed by atoms with Gasteiger partial charge in [-0.05, 0) is 93.1 Å². The maximum atomic E-state index is 13.1. The number of carbonyl (C=O) groups is 1. The van der Waals surface area contributed by atoms with E-state index in [2.05, 4.69) is 29.6 Å². The van der Waals surface area contributed by atoms with Crippen LogP contribution < -0.4 is 31.4 Å². The minimum absolute atomic E-state index is 0.143. The lowest BCUT2D eigenvalue weighted by molar-refractivity contribution is 0.102. The number of anilines is 3. The van der Waals surface area contributed by atoms with Crippen LogP contribution in [0.15, 0.2) is 85.3 Å². The smallest absolute Gasteiger partial charge is 0.255 e. The molecule has 0 spiro atoms. The molecule has 10 heteroatoms. The van der Waals surface area contributed by atoms with Crippen molar-refractivity contribution in [3.63, 3.8) is 0 Å². The zero-order valence-corrected chi connectivity index (χ0v) is 29.1. The number of nitrogens with one attached hydrogen (secondary N) is 3. The molecular weight excluding hydrogens is 595 g/mol. The van der Waals surface area contributed by atoms with Gasteiger partial charge in [-0.2, -0.15) is 0 Å². The van der Waals surface area contributed by atoms with Gasteiger partial charge < -0.3 is 25.4 Å². The number of hydrogen-bond acceptors (Lipinski definition) is 8. The predicted octanol–water partition coefficient (Wildman–Crippen LogP) is 7.51. The molecule has 0 atom stereocenters. The number of methoxy groups -OCH3 is 1. The average molecular weight is 644 g/mol. The lowest BCUT2D eigenvalue weighted by atomic mass is 9.83. The molecular formula is C36H49N7O2S. The van der Waals surface area contributed by atoms with Gasteiger partial charge in [0.15, 0.2) is 5.75 Å². The third-order valence-electron chi connectivity index (χ3n) is 8.26. The minimum atomic E-state index is -0.288. The largest absolute Gasteiger partial charge is 0.492 e. The lowest BCUT2D eigenvalue weighted by Crippen LogP contribution is -2.38. The first-order valence-electron chi connectivity index (χ1n) is 15.1. The van der Waals surface area contributed by atoms with Crippen LogP contribution >= 0.6 is 11.9 Å². The van der Waals surface area contributed by atoms with Crippen molar-refractivity contribution in [3.8, 4) is 5.75 Å². The van der Waals surface area contributed by atoms with Gasteiger partial charge in [0, 0.05) is 36.2 Å². The molecule has 1 amide bonds. The number of nitrogens with two attached hydrogens (primary N) is 2. The van der Waals surface area contributed by atoms with Crippen LogP contribution in [0.1, 0.15) is 67.6 Å². The summed E-state index contributed by atoms with van der Waals surface area (Å²) in [5.74, 6) is 7.01. The summed E-state index contributed by atoms with van der Waals surface area (Å²) in [4.78, 5) is 14.9. The Morgan fingerprint density at radius 1 is 1.13 bits per heavy atom. The summed E-state index contributed by atoms with van der Waals surface area (Å²) in [7, 11) is 3.45. The first-order valence-corrected chi connectivity index (χ1v) is 16.3. The zero-order valence-electron chi connectivity index (χ0n) is 28.3.